The standard InChI is InChI=1S/C7H12N2/c1-5-8-7(4)9-6(2)3/h5H,4H2,1-3H3. The van der Waals surface area contributed by atoms with E-state index >= 15 is 0 Å². The first kappa shape index (κ1) is 8.08. The largest absolute Gasteiger partial charge is 0.242 e. The Bertz CT molecular complexity index is 150. The Kier molecular flexibility index (Phi) is 3.60. The van der Waals surface area contributed by atoms with Crippen LogP contribution in [-0.4, -0.2) is 11.9 Å². The van der Waals surface area contributed by atoms with Crippen LogP contribution in [0.1, 0.15) is 20.8 Å². The Balaban J connectivity index is 3.93. The molecule has 0 atom stereocenters. The van der Waals surface area contributed by atoms with E-state index < -0.39 is 0 Å². The smallest absolute Gasteiger partial charge is 0.144 e. The SMILES string of the molecule is C=C(N=CC)N=C(C)C. The molecule has 2 heteroatoms. The van der Waals surface area contributed by atoms with Crippen LogP contribution < -0.4 is 0 Å². The van der Waals surface area contributed by atoms with Crippen molar-refractivity contribution in [2.75, 3.05) is 0 Å². The first-order valence-corrected chi connectivity index (χ1v) is 2.86. The van der Waals surface area contributed by atoms with E-state index in [4.69, 9.17) is 0 Å². The van der Waals surface area contributed by atoms with Crippen LogP contribution in [0, 0.1) is 0 Å². The zero-order valence-electron chi connectivity index (χ0n) is 6.18. The minimum absolute atomic E-state index is 0.567. The fourth-order valence-corrected chi connectivity index (χ4v) is 0.436. The van der Waals surface area contributed by atoms with Crippen molar-refractivity contribution in [3.05, 3.63) is 12.4 Å². The van der Waals surface area contributed by atoms with E-state index in [9.17, 15) is 0 Å². The summed E-state index contributed by atoms with van der Waals surface area (Å²) in [5, 5.41) is 0. The summed E-state index contributed by atoms with van der Waals surface area (Å²) < 4.78 is 0. The van der Waals surface area contributed by atoms with Crippen molar-refractivity contribution in [1.29, 1.82) is 0 Å². The molecule has 0 aliphatic heterocycles. The Morgan fingerprint density at radius 3 is 2.33 bits per heavy atom. The normalized spacial score (nSPS) is 9.67. The van der Waals surface area contributed by atoms with Crippen LogP contribution in [0.3, 0.4) is 0 Å². The van der Waals surface area contributed by atoms with Crippen LogP contribution in [0.25, 0.3) is 0 Å². The van der Waals surface area contributed by atoms with E-state index in [1.165, 1.54) is 0 Å². The van der Waals surface area contributed by atoms with Gasteiger partial charge in [-0.1, -0.05) is 6.58 Å². The second kappa shape index (κ2) is 4.01. The van der Waals surface area contributed by atoms with E-state index in [0.717, 1.165) is 5.71 Å². The molecule has 0 heterocycles. The van der Waals surface area contributed by atoms with Crippen LogP contribution in [0.5, 0.6) is 0 Å². The van der Waals surface area contributed by atoms with E-state index in [2.05, 4.69) is 16.6 Å². The molecule has 0 bridgehead atoms. The minimum atomic E-state index is 0.567. The molecule has 0 aromatic heterocycles. The highest BCUT2D eigenvalue weighted by molar-refractivity contribution is 5.80. The summed E-state index contributed by atoms with van der Waals surface area (Å²) in [6.07, 6.45) is 1.68. The molecule has 0 aliphatic rings. The maximum absolute atomic E-state index is 3.99. The van der Waals surface area contributed by atoms with E-state index in [1.807, 2.05) is 20.8 Å². The Morgan fingerprint density at radius 1 is 1.44 bits per heavy atom. The van der Waals surface area contributed by atoms with Crippen molar-refractivity contribution in [2.24, 2.45) is 9.98 Å². The number of rotatable bonds is 2. The van der Waals surface area contributed by atoms with Gasteiger partial charge in [0.15, 0.2) is 0 Å². The molecule has 0 saturated heterocycles. The second-order valence-corrected chi connectivity index (χ2v) is 1.86. The molecule has 0 N–H and O–H groups in total. The summed E-state index contributed by atoms with van der Waals surface area (Å²) in [5.41, 5.74) is 0.977. The molecule has 0 fully saturated rings. The van der Waals surface area contributed by atoms with Crippen molar-refractivity contribution in [3.63, 3.8) is 0 Å². The number of aliphatic imine (C=N–C) groups is 2. The zero-order valence-corrected chi connectivity index (χ0v) is 6.18. The molecule has 0 radical (unpaired) electrons. The summed E-state index contributed by atoms with van der Waals surface area (Å²) >= 11 is 0. The maximum Gasteiger partial charge on any atom is 0.144 e. The highest BCUT2D eigenvalue weighted by Gasteiger charge is 1.80. The molecule has 0 amide bonds. The average Bonchev–Trinajstić information content (AvgIpc) is 1.63. The Hall–Kier alpha value is -0.920. The molecular weight excluding hydrogens is 112 g/mol. The summed E-state index contributed by atoms with van der Waals surface area (Å²) in [7, 11) is 0. The first-order valence-electron chi connectivity index (χ1n) is 2.86. The molecular formula is C7H12N2. The van der Waals surface area contributed by atoms with Gasteiger partial charge in [0.25, 0.3) is 0 Å². The van der Waals surface area contributed by atoms with Gasteiger partial charge >= 0.3 is 0 Å². The van der Waals surface area contributed by atoms with E-state index in [0.29, 0.717) is 5.82 Å². The van der Waals surface area contributed by atoms with Gasteiger partial charge in [-0.05, 0) is 20.8 Å². The third-order valence-corrected chi connectivity index (χ3v) is 0.631. The van der Waals surface area contributed by atoms with Crippen LogP contribution >= 0.6 is 0 Å². The van der Waals surface area contributed by atoms with Gasteiger partial charge in [0.2, 0.25) is 0 Å². The van der Waals surface area contributed by atoms with E-state index in [1.54, 1.807) is 6.21 Å². The zero-order chi connectivity index (χ0) is 7.28. The fourth-order valence-electron chi connectivity index (χ4n) is 0.436. The summed E-state index contributed by atoms with van der Waals surface area (Å²) in [5.74, 6) is 0.567. The Labute approximate surface area is 56.0 Å². The van der Waals surface area contributed by atoms with Crippen molar-refractivity contribution in [1.82, 2.24) is 0 Å². The third kappa shape index (κ3) is 4.94. The Morgan fingerprint density at radius 2 is 2.00 bits per heavy atom. The molecule has 50 valence electrons. The number of hydrogen-bond acceptors (Lipinski definition) is 2. The van der Waals surface area contributed by atoms with Crippen molar-refractivity contribution in [2.45, 2.75) is 20.8 Å². The highest BCUT2D eigenvalue weighted by atomic mass is 14.9. The lowest BCUT2D eigenvalue weighted by Crippen LogP contribution is -1.80. The molecule has 0 aromatic rings. The fraction of sp³-hybridized carbons (Fsp3) is 0.429. The second-order valence-electron chi connectivity index (χ2n) is 1.86. The van der Waals surface area contributed by atoms with Gasteiger partial charge in [0, 0.05) is 11.9 Å². The van der Waals surface area contributed by atoms with E-state index in [-0.39, 0.29) is 0 Å². The molecule has 0 aromatic carbocycles. The number of nitrogens with zero attached hydrogens (tertiary/aromatic N) is 2. The molecule has 0 unspecified atom stereocenters. The van der Waals surface area contributed by atoms with Gasteiger partial charge in [-0.25, -0.2) is 9.98 Å². The minimum Gasteiger partial charge on any atom is -0.242 e. The first-order chi connectivity index (χ1) is 4.16. The molecule has 9 heavy (non-hydrogen) atoms. The predicted octanol–water partition coefficient (Wildman–Crippen LogP) is 2.03. The predicted molar refractivity (Wildman–Crippen MR) is 42.1 cm³/mol. The lowest BCUT2D eigenvalue weighted by molar-refractivity contribution is 1.25. The lowest BCUT2D eigenvalue weighted by atomic mass is 10.5. The van der Waals surface area contributed by atoms with Gasteiger partial charge < -0.3 is 0 Å². The van der Waals surface area contributed by atoms with Crippen LogP contribution in [-0.2, 0) is 0 Å². The van der Waals surface area contributed by atoms with Gasteiger partial charge in [-0.2, -0.15) is 0 Å². The summed E-state index contributed by atoms with van der Waals surface area (Å²) in [6.45, 7) is 9.26. The maximum atomic E-state index is 3.99. The van der Waals surface area contributed by atoms with Gasteiger partial charge in [-0.15, -0.1) is 0 Å². The molecule has 0 saturated carbocycles. The van der Waals surface area contributed by atoms with Gasteiger partial charge in [0.1, 0.15) is 5.82 Å². The summed E-state index contributed by atoms with van der Waals surface area (Å²) in [6, 6.07) is 0. The highest BCUT2D eigenvalue weighted by Crippen LogP contribution is 1.93. The average molecular weight is 124 g/mol. The quantitative estimate of drug-likeness (QED) is 0.503. The monoisotopic (exact) mass is 124 g/mol. The van der Waals surface area contributed by atoms with Crippen molar-refractivity contribution < 1.29 is 0 Å². The third-order valence-electron chi connectivity index (χ3n) is 0.631. The van der Waals surface area contributed by atoms with Crippen LogP contribution in [0.4, 0.5) is 0 Å². The summed E-state index contributed by atoms with van der Waals surface area (Å²) in [4.78, 5) is 7.85. The van der Waals surface area contributed by atoms with Crippen molar-refractivity contribution in [3.8, 4) is 0 Å². The van der Waals surface area contributed by atoms with Crippen LogP contribution in [0.2, 0.25) is 0 Å². The lowest BCUT2D eigenvalue weighted by Gasteiger charge is -1.88. The molecule has 0 aliphatic carbocycles. The molecule has 0 rings (SSSR count). The van der Waals surface area contributed by atoms with Crippen LogP contribution in [0.15, 0.2) is 22.4 Å². The molecule has 0 spiro atoms. The topological polar surface area (TPSA) is 24.7 Å². The number of hydrogen-bond donors (Lipinski definition) is 0. The van der Waals surface area contributed by atoms with Gasteiger partial charge in [0.05, 0.1) is 0 Å². The van der Waals surface area contributed by atoms with Gasteiger partial charge in [-0.3, -0.25) is 0 Å². The van der Waals surface area contributed by atoms with Crippen molar-refractivity contribution >= 4 is 11.9 Å². The molecule has 2 nitrogen and oxygen atoms in total.